The molecule has 0 radical (unpaired) electrons. The van der Waals surface area contributed by atoms with Crippen molar-refractivity contribution < 1.29 is 10.2 Å². The lowest BCUT2D eigenvalue weighted by atomic mass is 9.79. The Hall–Kier alpha value is -2.86. The zero-order chi connectivity index (χ0) is 35.7. The number of aromatic hydroxyl groups is 2. The fraction of sp³-hybridized carbons (Fsp3) is 0.581. The molecule has 1 aliphatic heterocycles. The van der Waals surface area contributed by atoms with Crippen LogP contribution < -0.4 is 0 Å². The summed E-state index contributed by atoms with van der Waals surface area (Å²) >= 11 is 0. The van der Waals surface area contributed by atoms with Crippen LogP contribution >= 0.6 is 0 Å². The van der Waals surface area contributed by atoms with E-state index in [1.165, 1.54) is 16.7 Å². The molecule has 0 saturated carbocycles. The van der Waals surface area contributed by atoms with E-state index >= 15 is 0 Å². The zero-order valence-electron chi connectivity index (χ0n) is 32.3. The molecule has 3 aromatic carbocycles. The number of rotatable bonds is 6. The molecule has 0 bridgehead atoms. The van der Waals surface area contributed by atoms with Gasteiger partial charge in [-0.3, -0.25) is 14.7 Å². The minimum Gasteiger partial charge on any atom is -0.507 e. The fourth-order valence-corrected chi connectivity index (χ4v) is 6.62. The first-order valence-corrected chi connectivity index (χ1v) is 18.1. The Labute approximate surface area is 293 Å². The summed E-state index contributed by atoms with van der Waals surface area (Å²) in [5.74, 6) is 0.874. The van der Waals surface area contributed by atoms with Crippen LogP contribution in [0.25, 0.3) is 0 Å². The number of hydrogen-bond donors (Lipinski definition) is 2. The van der Waals surface area contributed by atoms with Crippen molar-refractivity contribution in [3.8, 4) is 11.5 Å². The van der Waals surface area contributed by atoms with Gasteiger partial charge in [-0.05, 0) is 49.5 Å². The average Bonchev–Trinajstić information content (AvgIpc) is 3.04. The van der Waals surface area contributed by atoms with Gasteiger partial charge in [0.1, 0.15) is 11.5 Å². The Kier molecular flexibility index (Phi) is 11.5. The van der Waals surface area contributed by atoms with E-state index in [4.69, 9.17) is 0 Å². The van der Waals surface area contributed by atoms with Gasteiger partial charge in [0, 0.05) is 70.0 Å². The predicted octanol–water partition coefficient (Wildman–Crippen LogP) is 9.11. The van der Waals surface area contributed by atoms with Gasteiger partial charge in [-0.2, -0.15) is 0 Å². The average molecular weight is 656 g/mol. The van der Waals surface area contributed by atoms with Gasteiger partial charge in [0.25, 0.3) is 0 Å². The molecule has 48 heavy (non-hydrogen) atoms. The summed E-state index contributed by atoms with van der Waals surface area (Å²) in [6.07, 6.45) is 0. The molecule has 0 aromatic heterocycles. The second kappa shape index (κ2) is 14.5. The van der Waals surface area contributed by atoms with Gasteiger partial charge in [-0.15, -0.1) is 0 Å². The molecule has 1 aliphatic rings. The van der Waals surface area contributed by atoms with Gasteiger partial charge in [-0.25, -0.2) is 0 Å². The van der Waals surface area contributed by atoms with Crippen molar-refractivity contribution in [1.82, 2.24) is 14.7 Å². The first-order valence-electron chi connectivity index (χ1n) is 18.1. The maximum atomic E-state index is 11.7. The molecule has 1 fully saturated rings. The van der Waals surface area contributed by atoms with Crippen molar-refractivity contribution in [3.63, 3.8) is 0 Å². The van der Waals surface area contributed by atoms with Gasteiger partial charge < -0.3 is 10.2 Å². The number of phenols is 2. The van der Waals surface area contributed by atoms with Crippen LogP contribution in [0.5, 0.6) is 11.5 Å². The van der Waals surface area contributed by atoms with Crippen LogP contribution in [0.2, 0.25) is 0 Å². The molecule has 2 N–H and O–H groups in total. The molecule has 4 rings (SSSR count). The van der Waals surface area contributed by atoms with E-state index in [1.54, 1.807) is 0 Å². The number of phenolic OH excluding ortho intramolecular Hbond substituents is 2. The molecule has 3 aromatic rings. The van der Waals surface area contributed by atoms with Crippen LogP contribution in [-0.4, -0.2) is 64.2 Å². The van der Waals surface area contributed by atoms with Crippen molar-refractivity contribution in [1.29, 1.82) is 0 Å². The fourth-order valence-electron chi connectivity index (χ4n) is 6.62. The lowest BCUT2D eigenvalue weighted by molar-refractivity contribution is 0.206. The largest absolute Gasteiger partial charge is 0.507 e. The van der Waals surface area contributed by atoms with Gasteiger partial charge in [-0.1, -0.05) is 138 Å². The molecule has 0 atom stereocenters. The van der Waals surface area contributed by atoms with E-state index in [0.29, 0.717) is 24.6 Å². The molecule has 264 valence electrons. The minimum absolute atomic E-state index is 0.0189. The molecule has 0 spiro atoms. The molecular weight excluding hydrogens is 590 g/mol. The van der Waals surface area contributed by atoms with Crippen LogP contribution in [0.1, 0.15) is 122 Å². The molecule has 0 unspecified atom stereocenters. The third-order valence-electron chi connectivity index (χ3n) is 9.96. The van der Waals surface area contributed by atoms with Crippen LogP contribution in [-0.2, 0) is 41.3 Å². The molecule has 0 amide bonds. The predicted molar refractivity (Wildman–Crippen MR) is 203 cm³/mol. The summed E-state index contributed by atoms with van der Waals surface area (Å²) in [6, 6.07) is 19.7. The first kappa shape index (κ1) is 38.0. The zero-order valence-corrected chi connectivity index (χ0v) is 32.3. The third kappa shape index (κ3) is 9.86. The maximum Gasteiger partial charge on any atom is 0.123 e. The van der Waals surface area contributed by atoms with Crippen LogP contribution in [0.4, 0.5) is 0 Å². The van der Waals surface area contributed by atoms with Crippen molar-refractivity contribution >= 4 is 0 Å². The minimum atomic E-state index is -0.160. The number of nitrogens with zero attached hydrogens (tertiary/aromatic N) is 3. The summed E-state index contributed by atoms with van der Waals surface area (Å²) in [7, 11) is 0. The van der Waals surface area contributed by atoms with E-state index in [2.05, 4.69) is 152 Å². The highest BCUT2D eigenvalue weighted by molar-refractivity contribution is 5.50. The normalized spacial score (nSPS) is 16.8. The quantitative estimate of drug-likeness (QED) is 0.278. The van der Waals surface area contributed by atoms with Gasteiger partial charge >= 0.3 is 0 Å². The summed E-state index contributed by atoms with van der Waals surface area (Å²) < 4.78 is 0. The summed E-state index contributed by atoms with van der Waals surface area (Å²) in [5, 5.41) is 23.3. The van der Waals surface area contributed by atoms with Gasteiger partial charge in [0.2, 0.25) is 0 Å². The Bertz CT molecular complexity index is 1420. The molecule has 5 nitrogen and oxygen atoms in total. The standard InChI is InChI=1S/C43H65N3O2/c1-40(2,3)34-24-32(38(47)36(26-34)42(7,8)9)29-45-20-18-44(28-31-16-14-13-15-17-31)19-21-46(23-22-45)30-33-25-35(41(4,5)6)27-37(39(33)48)43(10,11)12/h13-17,24-27,47-48H,18-23,28-30H2,1-12H3. The lowest BCUT2D eigenvalue weighted by Gasteiger charge is -2.31. The molecule has 5 heteroatoms. The Balaban J connectivity index is 1.69. The highest BCUT2D eigenvalue weighted by Crippen LogP contribution is 2.40. The van der Waals surface area contributed by atoms with Gasteiger partial charge in [0.15, 0.2) is 0 Å². The third-order valence-corrected chi connectivity index (χ3v) is 9.96. The smallest absolute Gasteiger partial charge is 0.123 e. The molecule has 1 heterocycles. The highest BCUT2D eigenvalue weighted by Gasteiger charge is 2.28. The maximum absolute atomic E-state index is 11.7. The topological polar surface area (TPSA) is 50.2 Å². The SMILES string of the molecule is CC(C)(C)c1cc(CN2CCN(Cc3ccccc3)CCN(Cc3cc(C(C)(C)C)cc(C(C)(C)C)c3O)CC2)c(O)c(C(C)(C)C)c1. The monoisotopic (exact) mass is 656 g/mol. The van der Waals surface area contributed by atoms with Crippen molar-refractivity contribution in [2.45, 2.75) is 124 Å². The van der Waals surface area contributed by atoms with E-state index in [-0.39, 0.29) is 21.7 Å². The molecule has 1 saturated heterocycles. The summed E-state index contributed by atoms with van der Waals surface area (Å²) in [4.78, 5) is 7.62. The van der Waals surface area contributed by atoms with E-state index in [0.717, 1.165) is 68.1 Å². The highest BCUT2D eigenvalue weighted by atomic mass is 16.3. The molecular formula is C43H65N3O2. The first-order chi connectivity index (χ1) is 22.1. The van der Waals surface area contributed by atoms with Crippen molar-refractivity contribution in [3.05, 3.63) is 93.5 Å². The van der Waals surface area contributed by atoms with E-state index in [9.17, 15) is 10.2 Å². The van der Waals surface area contributed by atoms with Crippen molar-refractivity contribution in [2.75, 3.05) is 39.3 Å². The Morgan fingerprint density at radius 3 is 1.10 bits per heavy atom. The number of hydrogen-bond acceptors (Lipinski definition) is 5. The van der Waals surface area contributed by atoms with Gasteiger partial charge in [0.05, 0.1) is 0 Å². The lowest BCUT2D eigenvalue weighted by Crippen LogP contribution is -2.35. The van der Waals surface area contributed by atoms with E-state index < -0.39 is 0 Å². The van der Waals surface area contributed by atoms with Crippen molar-refractivity contribution in [2.24, 2.45) is 0 Å². The summed E-state index contributed by atoms with van der Waals surface area (Å²) in [5.41, 5.74) is 7.56. The number of benzene rings is 3. The molecule has 0 aliphatic carbocycles. The Morgan fingerprint density at radius 1 is 0.458 bits per heavy atom. The second-order valence-corrected chi connectivity index (χ2v) is 18.4. The van der Waals surface area contributed by atoms with Crippen LogP contribution in [0.15, 0.2) is 54.6 Å². The Morgan fingerprint density at radius 2 is 0.792 bits per heavy atom. The van der Waals surface area contributed by atoms with Crippen LogP contribution in [0.3, 0.4) is 0 Å². The van der Waals surface area contributed by atoms with Crippen LogP contribution in [0, 0.1) is 0 Å². The van der Waals surface area contributed by atoms with E-state index in [1.807, 2.05) is 0 Å². The second-order valence-electron chi connectivity index (χ2n) is 18.4. The summed E-state index contributed by atoms with van der Waals surface area (Å²) in [6.45, 7) is 34.5.